The van der Waals surface area contributed by atoms with Gasteiger partial charge < -0.3 is 10.1 Å². The number of halogens is 4. The van der Waals surface area contributed by atoms with Crippen LogP contribution in [0.2, 0.25) is 0 Å². The summed E-state index contributed by atoms with van der Waals surface area (Å²) in [6.07, 6.45) is -3.69. The van der Waals surface area contributed by atoms with Crippen molar-refractivity contribution in [3.8, 4) is 11.6 Å². The second-order valence-corrected chi connectivity index (χ2v) is 6.27. The first-order valence-electron chi connectivity index (χ1n) is 7.62. The first kappa shape index (κ1) is 19.5. The van der Waals surface area contributed by atoms with Gasteiger partial charge in [-0.25, -0.2) is 4.98 Å². The maximum absolute atomic E-state index is 13.2. The van der Waals surface area contributed by atoms with Crippen molar-refractivity contribution in [3.05, 3.63) is 75.0 Å². The van der Waals surface area contributed by atoms with E-state index in [9.17, 15) is 23.3 Å². The van der Waals surface area contributed by atoms with Crippen LogP contribution in [0, 0.1) is 10.1 Å². The number of ether oxygens (including phenoxy) is 1. The zero-order valence-corrected chi connectivity index (χ0v) is 15.4. The zero-order valence-electron chi connectivity index (χ0n) is 13.8. The van der Waals surface area contributed by atoms with Gasteiger partial charge in [0.2, 0.25) is 5.82 Å². The van der Waals surface area contributed by atoms with E-state index < -0.39 is 34.0 Å². The predicted molar refractivity (Wildman–Crippen MR) is 97.6 cm³/mol. The summed E-state index contributed by atoms with van der Waals surface area (Å²) >= 11 is 3.25. The monoisotopic (exact) mass is 454 g/mol. The molecule has 2 aromatic carbocycles. The van der Waals surface area contributed by atoms with Crippen molar-refractivity contribution in [2.24, 2.45) is 0 Å². The number of hydrogen-bond acceptors (Lipinski definition) is 6. The number of rotatable bonds is 5. The summed E-state index contributed by atoms with van der Waals surface area (Å²) in [5, 5.41) is 13.9. The van der Waals surface area contributed by atoms with Gasteiger partial charge in [-0.05, 0) is 36.4 Å². The maximum Gasteiger partial charge on any atom is 0.418 e. The van der Waals surface area contributed by atoms with Crippen LogP contribution in [0.15, 0.2) is 59.3 Å². The number of alkyl halides is 3. The molecule has 0 saturated heterocycles. The second kappa shape index (κ2) is 7.80. The highest BCUT2D eigenvalue weighted by atomic mass is 79.9. The number of nitrogens with zero attached hydrogens (tertiary/aromatic N) is 3. The van der Waals surface area contributed by atoms with Gasteiger partial charge in [-0.3, -0.25) is 10.1 Å². The average Bonchev–Trinajstić information content (AvgIpc) is 2.63. The van der Waals surface area contributed by atoms with Gasteiger partial charge in [-0.15, -0.1) is 0 Å². The second-order valence-electron chi connectivity index (χ2n) is 5.36. The highest BCUT2D eigenvalue weighted by Crippen LogP contribution is 2.39. The molecule has 28 heavy (non-hydrogen) atoms. The Hall–Kier alpha value is -3.21. The molecule has 7 nitrogen and oxygen atoms in total. The summed E-state index contributed by atoms with van der Waals surface area (Å²) in [5.74, 6) is -0.579. The zero-order chi connectivity index (χ0) is 20.3. The standard InChI is InChI=1S/C17H10BrF3N4O3/c18-10-5-7-11(8-6-10)28-16-14(25(26)27)15(22-9-23-16)24-13-4-2-1-3-12(13)17(19,20)21/h1-9H,(H,22,23,24). The van der Waals surface area contributed by atoms with Crippen LogP contribution in [-0.4, -0.2) is 14.9 Å². The van der Waals surface area contributed by atoms with Gasteiger partial charge in [0.15, 0.2) is 0 Å². The summed E-state index contributed by atoms with van der Waals surface area (Å²) in [5.41, 5.74) is -2.06. The lowest BCUT2D eigenvalue weighted by molar-refractivity contribution is -0.385. The molecule has 0 spiro atoms. The summed E-state index contributed by atoms with van der Waals surface area (Å²) in [7, 11) is 0. The number of nitro groups is 1. The molecule has 0 bridgehead atoms. The molecule has 0 saturated carbocycles. The molecule has 0 fully saturated rings. The Balaban J connectivity index is 2.01. The van der Waals surface area contributed by atoms with E-state index in [4.69, 9.17) is 4.74 Å². The van der Waals surface area contributed by atoms with Crippen LogP contribution >= 0.6 is 15.9 Å². The molecule has 1 heterocycles. The third kappa shape index (κ3) is 4.36. The number of anilines is 2. The van der Waals surface area contributed by atoms with Gasteiger partial charge in [0.1, 0.15) is 12.1 Å². The van der Waals surface area contributed by atoms with Gasteiger partial charge >= 0.3 is 17.7 Å². The van der Waals surface area contributed by atoms with Crippen molar-refractivity contribution in [1.82, 2.24) is 9.97 Å². The van der Waals surface area contributed by atoms with E-state index in [1.165, 1.54) is 12.1 Å². The minimum Gasteiger partial charge on any atom is -0.434 e. The molecule has 0 radical (unpaired) electrons. The van der Waals surface area contributed by atoms with Crippen LogP contribution in [0.25, 0.3) is 0 Å². The normalized spacial score (nSPS) is 11.1. The highest BCUT2D eigenvalue weighted by Gasteiger charge is 2.34. The molecule has 1 aromatic heterocycles. The highest BCUT2D eigenvalue weighted by molar-refractivity contribution is 9.10. The summed E-state index contributed by atoms with van der Waals surface area (Å²) in [4.78, 5) is 18.2. The summed E-state index contributed by atoms with van der Waals surface area (Å²) < 4.78 is 45.7. The molecular weight excluding hydrogens is 445 g/mol. The Morgan fingerprint density at radius 1 is 1.07 bits per heavy atom. The third-order valence-electron chi connectivity index (χ3n) is 3.48. The molecule has 0 unspecified atom stereocenters. The minimum atomic E-state index is -4.65. The molecule has 0 atom stereocenters. The van der Waals surface area contributed by atoms with E-state index in [2.05, 4.69) is 31.2 Å². The number of hydrogen-bond donors (Lipinski definition) is 1. The topological polar surface area (TPSA) is 90.2 Å². The van der Waals surface area contributed by atoms with Crippen molar-refractivity contribution < 1.29 is 22.8 Å². The maximum atomic E-state index is 13.2. The van der Waals surface area contributed by atoms with Gasteiger partial charge in [0, 0.05) is 4.47 Å². The van der Waals surface area contributed by atoms with Crippen molar-refractivity contribution in [2.45, 2.75) is 6.18 Å². The Bertz CT molecular complexity index is 1010. The molecule has 1 N–H and O–H groups in total. The van der Waals surface area contributed by atoms with Crippen molar-refractivity contribution in [2.75, 3.05) is 5.32 Å². The number of aromatic nitrogens is 2. The fourth-order valence-electron chi connectivity index (χ4n) is 2.27. The van der Waals surface area contributed by atoms with Crippen LogP contribution in [-0.2, 0) is 6.18 Å². The van der Waals surface area contributed by atoms with Gasteiger partial charge in [0.25, 0.3) is 0 Å². The lowest BCUT2D eigenvalue weighted by Gasteiger charge is -2.14. The fourth-order valence-corrected chi connectivity index (χ4v) is 2.54. The van der Waals surface area contributed by atoms with Crippen LogP contribution in [0.5, 0.6) is 11.6 Å². The van der Waals surface area contributed by atoms with Crippen molar-refractivity contribution in [3.63, 3.8) is 0 Å². The van der Waals surface area contributed by atoms with Crippen LogP contribution in [0.1, 0.15) is 5.56 Å². The van der Waals surface area contributed by atoms with E-state index in [0.29, 0.717) is 0 Å². The van der Waals surface area contributed by atoms with Crippen LogP contribution in [0.3, 0.4) is 0 Å². The summed E-state index contributed by atoms with van der Waals surface area (Å²) in [6.45, 7) is 0. The van der Waals surface area contributed by atoms with Gasteiger partial charge in [-0.1, -0.05) is 28.1 Å². The lowest BCUT2D eigenvalue weighted by Crippen LogP contribution is -2.10. The first-order chi connectivity index (χ1) is 13.3. The summed E-state index contributed by atoms with van der Waals surface area (Å²) in [6, 6.07) is 11.0. The largest absolute Gasteiger partial charge is 0.434 e. The third-order valence-corrected chi connectivity index (χ3v) is 4.01. The van der Waals surface area contributed by atoms with Gasteiger partial charge in [-0.2, -0.15) is 18.2 Å². The number of para-hydroxylation sites is 1. The molecular formula is C17H10BrF3N4O3. The molecule has 0 aliphatic heterocycles. The molecule has 3 rings (SSSR count). The quantitative estimate of drug-likeness (QED) is 0.392. The molecule has 0 aliphatic carbocycles. The Labute approximate surface area is 164 Å². The SMILES string of the molecule is O=[N+]([O-])c1c(Nc2ccccc2C(F)(F)F)ncnc1Oc1ccc(Br)cc1. The van der Waals surface area contributed by atoms with Crippen molar-refractivity contribution >= 4 is 33.1 Å². The Kier molecular flexibility index (Phi) is 5.45. The first-order valence-corrected chi connectivity index (χ1v) is 8.41. The van der Waals surface area contributed by atoms with E-state index in [1.54, 1.807) is 24.3 Å². The molecule has 0 amide bonds. The van der Waals surface area contributed by atoms with E-state index in [0.717, 1.165) is 22.9 Å². The smallest absolute Gasteiger partial charge is 0.418 e. The number of benzene rings is 2. The van der Waals surface area contributed by atoms with E-state index in [-0.39, 0.29) is 11.4 Å². The number of nitrogens with one attached hydrogen (secondary N) is 1. The lowest BCUT2D eigenvalue weighted by atomic mass is 10.1. The predicted octanol–water partition coefficient (Wildman–Crippen LogP) is 5.70. The molecule has 11 heteroatoms. The molecule has 144 valence electrons. The average molecular weight is 455 g/mol. The van der Waals surface area contributed by atoms with Crippen LogP contribution < -0.4 is 10.1 Å². The minimum absolute atomic E-state index is 0.256. The Morgan fingerprint density at radius 2 is 1.75 bits per heavy atom. The molecule has 0 aliphatic rings. The molecule has 3 aromatic rings. The van der Waals surface area contributed by atoms with E-state index in [1.807, 2.05) is 0 Å². The fraction of sp³-hybridized carbons (Fsp3) is 0.0588. The van der Waals surface area contributed by atoms with E-state index >= 15 is 0 Å². The van der Waals surface area contributed by atoms with Gasteiger partial charge in [0.05, 0.1) is 16.2 Å². The van der Waals surface area contributed by atoms with Crippen LogP contribution in [0.4, 0.5) is 30.4 Å². The van der Waals surface area contributed by atoms with Crippen molar-refractivity contribution in [1.29, 1.82) is 0 Å². The Morgan fingerprint density at radius 3 is 2.39 bits per heavy atom.